The zero-order valence-corrected chi connectivity index (χ0v) is 15.5. The van der Waals surface area contributed by atoms with Gasteiger partial charge in [0.1, 0.15) is 11.4 Å². The Balaban J connectivity index is 1.87. The average molecular weight is 363 g/mol. The van der Waals surface area contributed by atoms with Gasteiger partial charge in [-0.2, -0.15) is 9.78 Å². The molecular formula is C21H21N3O3. The monoisotopic (exact) mass is 363 g/mol. The lowest BCUT2D eigenvalue weighted by Gasteiger charge is -2.25. The number of hydrogen-bond donors (Lipinski definition) is 0. The van der Waals surface area contributed by atoms with Gasteiger partial charge in [0.05, 0.1) is 18.8 Å². The van der Waals surface area contributed by atoms with Gasteiger partial charge in [-0.15, -0.1) is 0 Å². The number of aromatic nitrogens is 2. The van der Waals surface area contributed by atoms with Gasteiger partial charge in [-0.25, -0.2) is 0 Å². The topological polar surface area (TPSA) is 64.4 Å². The van der Waals surface area contributed by atoms with E-state index in [1.807, 2.05) is 49.4 Å². The first-order valence-electron chi connectivity index (χ1n) is 8.58. The number of para-hydroxylation sites is 1. The van der Waals surface area contributed by atoms with Crippen molar-refractivity contribution in [2.45, 2.75) is 13.0 Å². The van der Waals surface area contributed by atoms with Crippen LogP contribution in [0.1, 0.15) is 29.0 Å². The maximum absolute atomic E-state index is 12.9. The standard InChI is InChI=1S/C21H21N3O3/c1-15(16-9-11-18(27-3)12-10-16)23(2)21(26)19-13-14-20(25)24(22-19)17-7-5-4-6-8-17/h4-15H,1-3H3. The first-order valence-corrected chi connectivity index (χ1v) is 8.58. The molecule has 3 aromatic rings. The maximum Gasteiger partial charge on any atom is 0.274 e. The molecule has 0 N–H and O–H groups in total. The third-order valence-corrected chi connectivity index (χ3v) is 4.52. The third kappa shape index (κ3) is 3.89. The van der Waals surface area contributed by atoms with E-state index in [1.165, 1.54) is 16.8 Å². The number of hydrogen-bond acceptors (Lipinski definition) is 4. The maximum atomic E-state index is 12.9. The lowest BCUT2D eigenvalue weighted by atomic mass is 10.1. The fraction of sp³-hybridized carbons (Fsp3) is 0.190. The number of carbonyl (C=O) groups is 1. The van der Waals surface area contributed by atoms with Crippen LogP contribution in [-0.2, 0) is 0 Å². The molecule has 27 heavy (non-hydrogen) atoms. The second kappa shape index (κ2) is 7.86. The van der Waals surface area contributed by atoms with E-state index in [0.717, 1.165) is 11.3 Å². The van der Waals surface area contributed by atoms with Gasteiger partial charge in [-0.1, -0.05) is 30.3 Å². The van der Waals surface area contributed by atoms with Crippen LogP contribution in [0.25, 0.3) is 5.69 Å². The Morgan fingerprint density at radius 2 is 1.70 bits per heavy atom. The molecule has 1 amide bonds. The number of rotatable bonds is 5. The normalized spacial score (nSPS) is 11.7. The summed E-state index contributed by atoms with van der Waals surface area (Å²) in [5, 5.41) is 4.26. The number of methoxy groups -OCH3 is 1. The van der Waals surface area contributed by atoms with Gasteiger partial charge < -0.3 is 9.64 Å². The minimum absolute atomic E-state index is 0.165. The minimum atomic E-state index is -0.288. The third-order valence-electron chi connectivity index (χ3n) is 4.52. The summed E-state index contributed by atoms with van der Waals surface area (Å²) in [6.45, 7) is 1.94. The summed E-state index contributed by atoms with van der Waals surface area (Å²) >= 11 is 0. The van der Waals surface area contributed by atoms with E-state index < -0.39 is 0 Å². The van der Waals surface area contributed by atoms with Crippen LogP contribution >= 0.6 is 0 Å². The van der Waals surface area contributed by atoms with Crippen molar-refractivity contribution in [3.05, 3.63) is 88.3 Å². The highest BCUT2D eigenvalue weighted by molar-refractivity contribution is 5.92. The Bertz CT molecular complexity index is 982. The van der Waals surface area contributed by atoms with Gasteiger partial charge in [0.15, 0.2) is 0 Å². The molecule has 6 nitrogen and oxygen atoms in total. The second-order valence-electron chi connectivity index (χ2n) is 6.17. The van der Waals surface area contributed by atoms with Crippen LogP contribution in [0.5, 0.6) is 5.75 Å². The predicted molar refractivity (Wildman–Crippen MR) is 103 cm³/mol. The van der Waals surface area contributed by atoms with Crippen molar-refractivity contribution in [3.8, 4) is 11.4 Å². The van der Waals surface area contributed by atoms with Gasteiger partial charge in [0, 0.05) is 13.1 Å². The van der Waals surface area contributed by atoms with Crippen LogP contribution in [0.3, 0.4) is 0 Å². The molecule has 2 aromatic carbocycles. The van der Waals surface area contributed by atoms with Crippen LogP contribution in [0.15, 0.2) is 71.5 Å². The van der Waals surface area contributed by atoms with Crippen molar-refractivity contribution in [2.24, 2.45) is 0 Å². The van der Waals surface area contributed by atoms with Gasteiger partial charge >= 0.3 is 0 Å². The zero-order valence-electron chi connectivity index (χ0n) is 15.5. The van der Waals surface area contributed by atoms with Crippen LogP contribution in [0.4, 0.5) is 0 Å². The van der Waals surface area contributed by atoms with Gasteiger partial charge in [0.2, 0.25) is 0 Å². The van der Waals surface area contributed by atoms with Crippen LogP contribution in [0, 0.1) is 0 Å². The molecule has 0 aliphatic carbocycles. The molecule has 1 atom stereocenters. The number of carbonyl (C=O) groups excluding carboxylic acids is 1. The summed E-state index contributed by atoms with van der Waals surface area (Å²) in [5.74, 6) is 0.500. The van der Waals surface area contributed by atoms with Crippen LogP contribution < -0.4 is 10.3 Å². The summed E-state index contributed by atoms with van der Waals surface area (Å²) in [4.78, 5) is 26.6. The van der Waals surface area contributed by atoms with Crippen molar-refractivity contribution < 1.29 is 9.53 Å². The van der Waals surface area contributed by atoms with E-state index in [1.54, 1.807) is 31.2 Å². The van der Waals surface area contributed by atoms with Gasteiger partial charge in [-0.3, -0.25) is 9.59 Å². The summed E-state index contributed by atoms with van der Waals surface area (Å²) < 4.78 is 6.40. The van der Waals surface area contributed by atoms with E-state index >= 15 is 0 Å². The van der Waals surface area contributed by atoms with Crippen molar-refractivity contribution in [2.75, 3.05) is 14.2 Å². The molecule has 0 radical (unpaired) electrons. The quantitative estimate of drug-likeness (QED) is 0.699. The smallest absolute Gasteiger partial charge is 0.274 e. The second-order valence-corrected chi connectivity index (χ2v) is 6.17. The van der Waals surface area contributed by atoms with Gasteiger partial charge in [-0.05, 0) is 42.8 Å². The van der Waals surface area contributed by atoms with E-state index in [0.29, 0.717) is 5.69 Å². The number of ether oxygens (including phenoxy) is 1. The molecule has 0 bridgehead atoms. The van der Waals surface area contributed by atoms with Crippen molar-refractivity contribution in [1.29, 1.82) is 0 Å². The highest BCUT2D eigenvalue weighted by Gasteiger charge is 2.21. The van der Waals surface area contributed by atoms with Crippen LogP contribution in [0.2, 0.25) is 0 Å². The number of nitrogens with zero attached hydrogens (tertiary/aromatic N) is 3. The fourth-order valence-corrected chi connectivity index (χ4v) is 2.74. The Hall–Kier alpha value is -3.41. The van der Waals surface area contributed by atoms with Crippen LogP contribution in [-0.4, -0.2) is 34.7 Å². The predicted octanol–water partition coefficient (Wildman–Crippen LogP) is 3.07. The molecule has 0 aliphatic heterocycles. The van der Waals surface area contributed by atoms with E-state index in [4.69, 9.17) is 4.74 Å². The van der Waals surface area contributed by atoms with Crippen molar-refractivity contribution >= 4 is 5.91 Å². The highest BCUT2D eigenvalue weighted by atomic mass is 16.5. The summed E-state index contributed by atoms with van der Waals surface area (Å²) in [7, 11) is 3.33. The zero-order chi connectivity index (χ0) is 19.4. The Morgan fingerprint density at radius 1 is 1.04 bits per heavy atom. The molecule has 0 saturated heterocycles. The fourth-order valence-electron chi connectivity index (χ4n) is 2.74. The highest BCUT2D eigenvalue weighted by Crippen LogP contribution is 2.22. The molecule has 3 rings (SSSR count). The lowest BCUT2D eigenvalue weighted by Crippen LogP contribution is -2.32. The first kappa shape index (κ1) is 18.4. The summed E-state index contributed by atoms with van der Waals surface area (Å²) in [5.41, 5.74) is 1.51. The summed E-state index contributed by atoms with van der Waals surface area (Å²) in [6, 6.07) is 19.2. The molecule has 6 heteroatoms. The van der Waals surface area contributed by atoms with Gasteiger partial charge in [0.25, 0.3) is 11.5 Å². The Morgan fingerprint density at radius 3 is 2.33 bits per heavy atom. The molecule has 0 aliphatic rings. The molecule has 1 heterocycles. The van der Waals surface area contributed by atoms with E-state index in [2.05, 4.69) is 5.10 Å². The average Bonchev–Trinajstić information content (AvgIpc) is 2.73. The largest absolute Gasteiger partial charge is 0.497 e. The summed E-state index contributed by atoms with van der Waals surface area (Å²) in [6.07, 6.45) is 0. The first-order chi connectivity index (χ1) is 13.0. The minimum Gasteiger partial charge on any atom is -0.497 e. The Labute approximate surface area is 157 Å². The van der Waals surface area contributed by atoms with E-state index in [-0.39, 0.29) is 23.2 Å². The van der Waals surface area contributed by atoms with E-state index in [9.17, 15) is 9.59 Å². The molecular weight excluding hydrogens is 342 g/mol. The molecule has 1 aromatic heterocycles. The number of benzene rings is 2. The van der Waals surface area contributed by atoms with Crippen molar-refractivity contribution in [1.82, 2.24) is 14.7 Å². The molecule has 138 valence electrons. The molecule has 0 saturated carbocycles. The molecule has 0 spiro atoms. The SMILES string of the molecule is COc1ccc(C(C)N(C)C(=O)c2ccc(=O)n(-c3ccccc3)n2)cc1. The molecule has 0 fully saturated rings. The lowest BCUT2D eigenvalue weighted by molar-refractivity contribution is 0.0734. The molecule has 1 unspecified atom stereocenters. The number of amides is 1. The van der Waals surface area contributed by atoms with Crippen molar-refractivity contribution in [3.63, 3.8) is 0 Å². The Kier molecular flexibility index (Phi) is 5.35.